The molecule has 0 atom stereocenters. The van der Waals surface area contributed by atoms with E-state index in [0.29, 0.717) is 29.1 Å². The second-order valence-corrected chi connectivity index (χ2v) is 5.27. The number of amides is 1. The third-order valence-corrected chi connectivity index (χ3v) is 3.44. The van der Waals surface area contributed by atoms with Crippen LogP contribution < -0.4 is 10.6 Å². The molecule has 2 rings (SSSR count). The van der Waals surface area contributed by atoms with Crippen molar-refractivity contribution in [1.29, 1.82) is 0 Å². The van der Waals surface area contributed by atoms with Gasteiger partial charge in [-0.15, -0.1) is 0 Å². The van der Waals surface area contributed by atoms with Crippen molar-refractivity contribution in [2.45, 2.75) is 6.92 Å². The molecule has 0 aliphatic carbocycles. The van der Waals surface area contributed by atoms with Gasteiger partial charge in [0, 0.05) is 11.4 Å². The molecule has 0 aromatic heterocycles. The molecule has 0 bridgehead atoms. The first-order valence-corrected chi connectivity index (χ1v) is 8.02. The summed E-state index contributed by atoms with van der Waals surface area (Å²) in [6, 6.07) is 13.0. The number of esters is 2. The molecule has 0 aliphatic heterocycles. The maximum Gasteiger partial charge on any atom is 0.338 e. The SMILES string of the molecule is CCOC(=O)c1ccc(NCC(=O)Nc2ccc(C(=O)OC)cc2)cc1. The standard InChI is InChI=1S/C19H20N2O5/c1-3-26-19(24)14-4-8-15(9-5-14)20-12-17(22)21-16-10-6-13(7-11-16)18(23)25-2/h4-11,20H,3,12H2,1-2H3,(H,21,22). The van der Waals surface area contributed by atoms with Gasteiger partial charge in [-0.1, -0.05) is 0 Å². The minimum Gasteiger partial charge on any atom is -0.465 e. The second-order valence-electron chi connectivity index (χ2n) is 5.27. The smallest absolute Gasteiger partial charge is 0.338 e. The monoisotopic (exact) mass is 356 g/mol. The highest BCUT2D eigenvalue weighted by Gasteiger charge is 2.08. The van der Waals surface area contributed by atoms with E-state index in [1.54, 1.807) is 55.5 Å². The molecular formula is C19H20N2O5. The van der Waals surface area contributed by atoms with Crippen LogP contribution >= 0.6 is 0 Å². The molecule has 2 N–H and O–H groups in total. The summed E-state index contributed by atoms with van der Waals surface area (Å²) in [5.74, 6) is -1.06. The third kappa shape index (κ3) is 5.34. The van der Waals surface area contributed by atoms with E-state index in [0.717, 1.165) is 0 Å². The Labute approximate surface area is 151 Å². The summed E-state index contributed by atoms with van der Waals surface area (Å²) in [6.45, 7) is 2.12. The maximum atomic E-state index is 12.0. The Bertz CT molecular complexity index is 770. The number of nitrogens with one attached hydrogen (secondary N) is 2. The van der Waals surface area contributed by atoms with E-state index in [9.17, 15) is 14.4 Å². The van der Waals surface area contributed by atoms with Crippen molar-refractivity contribution in [3.05, 3.63) is 59.7 Å². The lowest BCUT2D eigenvalue weighted by molar-refractivity contribution is -0.114. The topological polar surface area (TPSA) is 93.7 Å². The number of carbonyl (C=O) groups is 3. The van der Waals surface area contributed by atoms with Crippen molar-refractivity contribution in [2.24, 2.45) is 0 Å². The van der Waals surface area contributed by atoms with Crippen LogP contribution in [0.3, 0.4) is 0 Å². The van der Waals surface area contributed by atoms with Gasteiger partial charge in [0.25, 0.3) is 0 Å². The van der Waals surface area contributed by atoms with Crippen LogP contribution in [-0.4, -0.2) is 38.1 Å². The summed E-state index contributed by atoms with van der Waals surface area (Å²) in [5, 5.41) is 5.68. The average Bonchev–Trinajstić information content (AvgIpc) is 2.67. The number of methoxy groups -OCH3 is 1. The van der Waals surface area contributed by atoms with E-state index in [1.807, 2.05) is 0 Å². The van der Waals surface area contributed by atoms with Crippen molar-refractivity contribution >= 4 is 29.2 Å². The molecule has 0 saturated heterocycles. The number of carbonyl (C=O) groups excluding carboxylic acids is 3. The largest absolute Gasteiger partial charge is 0.465 e. The molecule has 136 valence electrons. The number of hydrogen-bond acceptors (Lipinski definition) is 6. The average molecular weight is 356 g/mol. The molecular weight excluding hydrogens is 336 g/mol. The predicted molar refractivity (Wildman–Crippen MR) is 97.3 cm³/mol. The zero-order chi connectivity index (χ0) is 18.9. The van der Waals surface area contributed by atoms with Crippen LogP contribution in [-0.2, 0) is 14.3 Å². The van der Waals surface area contributed by atoms with Gasteiger partial charge in [0.15, 0.2) is 0 Å². The predicted octanol–water partition coefficient (Wildman–Crippen LogP) is 2.70. The van der Waals surface area contributed by atoms with Gasteiger partial charge in [0.2, 0.25) is 5.91 Å². The Morgan fingerprint density at radius 3 is 1.92 bits per heavy atom. The van der Waals surface area contributed by atoms with Gasteiger partial charge in [-0.05, 0) is 55.5 Å². The van der Waals surface area contributed by atoms with E-state index in [1.165, 1.54) is 7.11 Å². The maximum absolute atomic E-state index is 12.0. The second kappa shape index (κ2) is 9.22. The number of hydrogen-bond donors (Lipinski definition) is 2. The number of benzene rings is 2. The third-order valence-electron chi connectivity index (χ3n) is 3.44. The first-order valence-electron chi connectivity index (χ1n) is 8.02. The molecule has 0 heterocycles. The molecule has 0 radical (unpaired) electrons. The molecule has 0 aliphatic rings. The fourth-order valence-corrected chi connectivity index (χ4v) is 2.13. The molecule has 0 saturated carbocycles. The Morgan fingerprint density at radius 2 is 1.38 bits per heavy atom. The number of rotatable bonds is 7. The lowest BCUT2D eigenvalue weighted by Gasteiger charge is -2.09. The Hall–Kier alpha value is -3.35. The molecule has 0 spiro atoms. The summed E-state index contributed by atoms with van der Waals surface area (Å²) in [4.78, 5) is 34.9. The van der Waals surface area contributed by atoms with Crippen LogP contribution in [0, 0.1) is 0 Å². The van der Waals surface area contributed by atoms with Gasteiger partial charge in [-0.25, -0.2) is 9.59 Å². The van der Waals surface area contributed by atoms with E-state index in [-0.39, 0.29) is 18.4 Å². The summed E-state index contributed by atoms with van der Waals surface area (Å²) >= 11 is 0. The number of ether oxygens (including phenoxy) is 2. The van der Waals surface area contributed by atoms with Crippen LogP contribution in [0.5, 0.6) is 0 Å². The Balaban J connectivity index is 1.84. The first kappa shape index (κ1) is 19.0. The van der Waals surface area contributed by atoms with Crippen LogP contribution in [0.25, 0.3) is 0 Å². The fourth-order valence-electron chi connectivity index (χ4n) is 2.13. The van der Waals surface area contributed by atoms with Gasteiger partial charge < -0.3 is 20.1 Å². The molecule has 1 amide bonds. The van der Waals surface area contributed by atoms with Gasteiger partial charge in [0.05, 0.1) is 31.4 Å². The minimum atomic E-state index is -0.434. The van der Waals surface area contributed by atoms with E-state index in [4.69, 9.17) is 4.74 Å². The molecule has 2 aromatic rings. The van der Waals surface area contributed by atoms with Crippen molar-refractivity contribution in [2.75, 3.05) is 30.9 Å². The van der Waals surface area contributed by atoms with Crippen LogP contribution in [0.4, 0.5) is 11.4 Å². The summed E-state index contributed by atoms with van der Waals surface area (Å²) in [5.41, 5.74) is 2.13. The van der Waals surface area contributed by atoms with Crippen LogP contribution in [0.2, 0.25) is 0 Å². The lowest BCUT2D eigenvalue weighted by Crippen LogP contribution is -2.21. The first-order chi connectivity index (χ1) is 12.5. The fraction of sp³-hybridized carbons (Fsp3) is 0.211. The molecule has 26 heavy (non-hydrogen) atoms. The minimum absolute atomic E-state index is 0.0531. The molecule has 0 unspecified atom stereocenters. The van der Waals surface area contributed by atoms with Crippen molar-refractivity contribution in [1.82, 2.24) is 0 Å². The molecule has 0 fully saturated rings. The van der Waals surface area contributed by atoms with Crippen LogP contribution in [0.15, 0.2) is 48.5 Å². The molecule has 7 nitrogen and oxygen atoms in total. The molecule has 2 aromatic carbocycles. The van der Waals surface area contributed by atoms with E-state index >= 15 is 0 Å². The lowest BCUT2D eigenvalue weighted by atomic mass is 10.2. The summed E-state index contributed by atoms with van der Waals surface area (Å²) in [7, 11) is 1.31. The molecule has 7 heteroatoms. The van der Waals surface area contributed by atoms with Crippen molar-refractivity contribution in [3.63, 3.8) is 0 Å². The normalized spacial score (nSPS) is 9.92. The highest BCUT2D eigenvalue weighted by Crippen LogP contribution is 2.12. The van der Waals surface area contributed by atoms with E-state index in [2.05, 4.69) is 15.4 Å². The van der Waals surface area contributed by atoms with Crippen molar-refractivity contribution in [3.8, 4) is 0 Å². The highest BCUT2D eigenvalue weighted by molar-refractivity contribution is 5.95. The summed E-state index contributed by atoms with van der Waals surface area (Å²) < 4.78 is 9.53. The Kier molecular flexibility index (Phi) is 6.73. The van der Waals surface area contributed by atoms with Gasteiger partial charge in [0.1, 0.15) is 0 Å². The summed E-state index contributed by atoms with van der Waals surface area (Å²) in [6.07, 6.45) is 0. The zero-order valence-corrected chi connectivity index (χ0v) is 14.6. The van der Waals surface area contributed by atoms with Crippen molar-refractivity contribution < 1.29 is 23.9 Å². The van der Waals surface area contributed by atoms with Crippen LogP contribution in [0.1, 0.15) is 27.6 Å². The van der Waals surface area contributed by atoms with E-state index < -0.39 is 5.97 Å². The van der Waals surface area contributed by atoms with Gasteiger partial charge in [-0.3, -0.25) is 4.79 Å². The number of anilines is 2. The quantitative estimate of drug-likeness (QED) is 0.741. The Morgan fingerprint density at radius 1 is 0.846 bits per heavy atom. The van der Waals surface area contributed by atoms with Gasteiger partial charge >= 0.3 is 11.9 Å². The zero-order valence-electron chi connectivity index (χ0n) is 14.6. The highest BCUT2D eigenvalue weighted by atomic mass is 16.5. The van der Waals surface area contributed by atoms with Gasteiger partial charge in [-0.2, -0.15) is 0 Å².